The smallest absolute Gasteiger partial charge is 0.226 e. The number of rotatable bonds is 3. The quantitative estimate of drug-likeness (QED) is 0.889. The van der Waals surface area contributed by atoms with Crippen LogP contribution in [0.1, 0.15) is 42.4 Å². The van der Waals surface area contributed by atoms with Gasteiger partial charge in [-0.1, -0.05) is 18.2 Å². The van der Waals surface area contributed by atoms with Crippen molar-refractivity contribution in [2.45, 2.75) is 38.2 Å². The van der Waals surface area contributed by atoms with Crippen LogP contribution in [0.2, 0.25) is 0 Å². The summed E-state index contributed by atoms with van der Waals surface area (Å²) in [5.74, 6) is 2.91. The highest BCUT2D eigenvalue weighted by Gasteiger charge is 2.32. The Kier molecular flexibility index (Phi) is 5.11. The molecule has 4 rings (SSSR count). The molecular formula is C20H26N4O3. The van der Waals surface area contributed by atoms with Crippen LogP contribution >= 0.6 is 0 Å². The van der Waals surface area contributed by atoms with Crippen LogP contribution in [0.25, 0.3) is 0 Å². The molecule has 2 aliphatic rings. The van der Waals surface area contributed by atoms with Crippen molar-refractivity contribution in [3.63, 3.8) is 0 Å². The van der Waals surface area contributed by atoms with E-state index in [4.69, 9.17) is 4.74 Å². The number of carbonyl (C=O) groups excluding carboxylic acids is 1. The Balaban J connectivity index is 1.39. The first-order valence-electron chi connectivity index (χ1n) is 9.66. The van der Waals surface area contributed by atoms with Gasteiger partial charge < -0.3 is 19.3 Å². The molecule has 7 nitrogen and oxygen atoms in total. The molecule has 1 N–H and O–H groups in total. The molecule has 1 amide bonds. The van der Waals surface area contributed by atoms with Gasteiger partial charge in [0.1, 0.15) is 18.2 Å². The fraction of sp³-hybridized carbons (Fsp3) is 0.550. The lowest BCUT2D eigenvalue weighted by atomic mass is 9.92. The third-order valence-electron chi connectivity index (χ3n) is 5.82. The number of fused-ring (bicyclic) bond motifs is 1. The van der Waals surface area contributed by atoms with Gasteiger partial charge in [0.25, 0.3) is 0 Å². The lowest BCUT2D eigenvalue weighted by Crippen LogP contribution is -2.42. The molecular weight excluding hydrogens is 344 g/mol. The number of aromatic nitrogens is 3. The van der Waals surface area contributed by atoms with Crippen LogP contribution in [0.4, 0.5) is 0 Å². The fourth-order valence-electron chi connectivity index (χ4n) is 4.19. The molecule has 7 heteroatoms. The van der Waals surface area contributed by atoms with E-state index in [0.717, 1.165) is 55.9 Å². The Morgan fingerprint density at radius 1 is 1.22 bits per heavy atom. The van der Waals surface area contributed by atoms with Gasteiger partial charge in [-0.2, -0.15) is 0 Å². The Hall–Kier alpha value is -2.41. The molecule has 0 saturated carbocycles. The summed E-state index contributed by atoms with van der Waals surface area (Å²) in [6.45, 7) is 1.96. The zero-order valence-electron chi connectivity index (χ0n) is 15.7. The molecule has 1 atom stereocenters. The van der Waals surface area contributed by atoms with E-state index < -0.39 is 0 Å². The van der Waals surface area contributed by atoms with Crippen LogP contribution in [0.15, 0.2) is 24.3 Å². The van der Waals surface area contributed by atoms with Crippen LogP contribution in [0.5, 0.6) is 5.75 Å². The highest BCUT2D eigenvalue weighted by molar-refractivity contribution is 5.79. The Labute approximate surface area is 159 Å². The van der Waals surface area contributed by atoms with Crippen LogP contribution in [0.3, 0.4) is 0 Å². The number of ether oxygens (including phenoxy) is 1. The Morgan fingerprint density at radius 2 is 2.00 bits per heavy atom. The number of likely N-dealkylation sites (tertiary alicyclic amines) is 1. The summed E-state index contributed by atoms with van der Waals surface area (Å²) in [5, 5.41) is 17.6. The molecule has 27 heavy (non-hydrogen) atoms. The maximum absolute atomic E-state index is 13.1. The summed E-state index contributed by atoms with van der Waals surface area (Å²) in [6, 6.07) is 8.01. The van der Waals surface area contributed by atoms with Crippen molar-refractivity contribution in [1.29, 1.82) is 0 Å². The van der Waals surface area contributed by atoms with Crippen molar-refractivity contribution in [2.75, 3.05) is 19.7 Å². The van der Waals surface area contributed by atoms with Gasteiger partial charge in [0.2, 0.25) is 5.91 Å². The van der Waals surface area contributed by atoms with E-state index >= 15 is 0 Å². The highest BCUT2D eigenvalue weighted by Crippen LogP contribution is 2.31. The summed E-state index contributed by atoms with van der Waals surface area (Å²) in [4.78, 5) is 15.1. The Morgan fingerprint density at radius 3 is 2.74 bits per heavy atom. The van der Waals surface area contributed by atoms with Crippen molar-refractivity contribution in [1.82, 2.24) is 19.7 Å². The molecule has 0 radical (unpaired) electrons. The zero-order chi connectivity index (χ0) is 18.8. The van der Waals surface area contributed by atoms with Gasteiger partial charge in [0.15, 0.2) is 5.82 Å². The fourth-order valence-corrected chi connectivity index (χ4v) is 4.19. The van der Waals surface area contributed by atoms with E-state index in [1.807, 2.05) is 34.7 Å². The minimum Gasteiger partial charge on any atom is -0.493 e. The Bertz CT molecular complexity index is 811. The summed E-state index contributed by atoms with van der Waals surface area (Å²) >= 11 is 0. The predicted octanol–water partition coefficient (Wildman–Crippen LogP) is 1.65. The zero-order valence-corrected chi connectivity index (χ0v) is 15.7. The van der Waals surface area contributed by atoms with E-state index in [0.29, 0.717) is 12.4 Å². The van der Waals surface area contributed by atoms with Gasteiger partial charge in [-0.3, -0.25) is 4.79 Å². The largest absolute Gasteiger partial charge is 0.493 e. The molecule has 1 aromatic heterocycles. The number of hydrogen-bond acceptors (Lipinski definition) is 5. The average Bonchev–Trinajstić information content (AvgIpc) is 2.94. The average molecular weight is 370 g/mol. The number of hydrogen-bond donors (Lipinski definition) is 1. The van der Waals surface area contributed by atoms with Crippen molar-refractivity contribution in [3.05, 3.63) is 41.5 Å². The van der Waals surface area contributed by atoms with Crippen molar-refractivity contribution in [2.24, 2.45) is 13.0 Å². The first kappa shape index (κ1) is 18.0. The number of para-hydroxylation sites is 1. The van der Waals surface area contributed by atoms with Gasteiger partial charge >= 0.3 is 0 Å². The van der Waals surface area contributed by atoms with E-state index in [9.17, 15) is 9.90 Å². The molecule has 0 aliphatic carbocycles. The second kappa shape index (κ2) is 7.68. The van der Waals surface area contributed by atoms with E-state index in [-0.39, 0.29) is 24.3 Å². The number of nitrogens with zero attached hydrogens (tertiary/aromatic N) is 4. The van der Waals surface area contributed by atoms with Crippen LogP contribution in [0, 0.1) is 5.92 Å². The molecule has 0 spiro atoms. The number of aliphatic hydroxyl groups is 1. The summed E-state index contributed by atoms with van der Waals surface area (Å²) in [5.41, 5.74) is 1.12. The standard InChI is InChI=1S/C20H26N4O3/c1-23-18(13-25)21-22-19(23)14-6-9-24(10-7-14)20(26)16-8-11-27-17-5-3-2-4-15(17)12-16/h2-5,14,16,25H,6-13H2,1H3/t16-/m1/s1. The van der Waals surface area contributed by atoms with Crippen molar-refractivity contribution in [3.8, 4) is 5.75 Å². The minimum atomic E-state index is -0.105. The summed E-state index contributed by atoms with van der Waals surface area (Å²) < 4.78 is 7.68. The minimum absolute atomic E-state index is 0.0129. The maximum atomic E-state index is 13.1. The molecule has 1 aromatic carbocycles. The monoisotopic (exact) mass is 370 g/mol. The summed E-state index contributed by atoms with van der Waals surface area (Å²) in [6.07, 6.45) is 3.26. The molecule has 0 unspecified atom stereocenters. The molecule has 2 aliphatic heterocycles. The molecule has 144 valence electrons. The number of aliphatic hydroxyl groups excluding tert-OH is 1. The van der Waals surface area contributed by atoms with Gasteiger partial charge in [-0.25, -0.2) is 0 Å². The predicted molar refractivity (Wildman–Crippen MR) is 99.2 cm³/mol. The topological polar surface area (TPSA) is 80.5 Å². The first-order chi connectivity index (χ1) is 13.2. The third kappa shape index (κ3) is 3.56. The molecule has 1 saturated heterocycles. The summed E-state index contributed by atoms with van der Waals surface area (Å²) in [7, 11) is 1.89. The van der Waals surface area contributed by atoms with Gasteiger partial charge in [-0.15, -0.1) is 10.2 Å². The van der Waals surface area contributed by atoms with Crippen LogP contribution in [-0.2, 0) is 24.9 Å². The second-order valence-corrected chi connectivity index (χ2v) is 7.44. The highest BCUT2D eigenvalue weighted by atomic mass is 16.5. The van der Waals surface area contributed by atoms with Crippen LogP contribution in [-0.4, -0.2) is 50.4 Å². The lowest BCUT2D eigenvalue weighted by Gasteiger charge is -2.33. The normalized spacial score (nSPS) is 20.7. The first-order valence-corrected chi connectivity index (χ1v) is 9.66. The third-order valence-corrected chi connectivity index (χ3v) is 5.82. The second-order valence-electron chi connectivity index (χ2n) is 7.44. The maximum Gasteiger partial charge on any atom is 0.226 e. The number of amides is 1. The van der Waals surface area contributed by atoms with E-state index in [1.54, 1.807) is 0 Å². The molecule has 0 bridgehead atoms. The van der Waals surface area contributed by atoms with Crippen molar-refractivity contribution >= 4 is 5.91 Å². The lowest BCUT2D eigenvalue weighted by molar-refractivity contribution is -0.137. The number of piperidine rings is 1. The van der Waals surface area contributed by atoms with E-state index in [1.165, 1.54) is 0 Å². The van der Waals surface area contributed by atoms with Crippen molar-refractivity contribution < 1.29 is 14.6 Å². The molecule has 2 aromatic rings. The molecule has 3 heterocycles. The van der Waals surface area contributed by atoms with E-state index in [2.05, 4.69) is 16.3 Å². The van der Waals surface area contributed by atoms with Crippen LogP contribution < -0.4 is 4.74 Å². The SMILES string of the molecule is Cn1c(CO)nnc1C1CCN(C(=O)[C@@H]2CCOc3ccccc3C2)CC1. The molecule has 1 fully saturated rings. The number of carbonyl (C=O) groups is 1. The van der Waals surface area contributed by atoms with Gasteiger partial charge in [-0.05, 0) is 37.3 Å². The van der Waals surface area contributed by atoms with Gasteiger partial charge in [0.05, 0.1) is 6.61 Å². The van der Waals surface area contributed by atoms with Gasteiger partial charge in [0, 0.05) is 32.0 Å². The number of benzene rings is 1.